The Morgan fingerprint density at radius 2 is 1.94 bits per heavy atom. The molecule has 0 spiro atoms. The molecule has 1 aliphatic heterocycles. The number of aliphatic hydroxyl groups excluding tert-OH is 1. The molecule has 12 heteroatoms. The minimum absolute atomic E-state index is 0.155. The van der Waals surface area contributed by atoms with Crippen LogP contribution < -0.4 is 16.8 Å². The lowest BCUT2D eigenvalue weighted by atomic mass is 9.77. The van der Waals surface area contributed by atoms with Gasteiger partial charge in [0.15, 0.2) is 6.10 Å². The molecule has 0 aromatic carbocycles. The predicted octanol–water partition coefficient (Wildman–Crippen LogP) is -0.950. The van der Waals surface area contributed by atoms with Crippen molar-refractivity contribution >= 4 is 17.7 Å². The first-order chi connectivity index (χ1) is 15.9. The molecule has 1 saturated heterocycles. The van der Waals surface area contributed by atoms with Crippen LogP contribution >= 0.6 is 0 Å². The van der Waals surface area contributed by atoms with Gasteiger partial charge in [0.2, 0.25) is 17.7 Å². The number of nitrogens with one attached hydrogen (secondary N) is 1. The normalized spacial score (nSPS) is 24.5. The molecule has 1 unspecified atom stereocenters. The molecule has 1 aromatic heterocycles. The van der Waals surface area contributed by atoms with Crippen LogP contribution in [0.2, 0.25) is 0 Å². The fourth-order valence-corrected chi connectivity index (χ4v) is 5.07. The Balaban J connectivity index is 1.91. The van der Waals surface area contributed by atoms with E-state index in [0.717, 1.165) is 19.3 Å². The first-order valence-electron chi connectivity index (χ1n) is 11.9. The largest absolute Gasteiger partial charge is 0.384 e. The van der Waals surface area contributed by atoms with Gasteiger partial charge in [-0.25, -0.2) is 4.68 Å². The van der Waals surface area contributed by atoms with Crippen molar-refractivity contribution < 1.29 is 24.6 Å². The van der Waals surface area contributed by atoms with Gasteiger partial charge < -0.3 is 31.9 Å². The van der Waals surface area contributed by atoms with Crippen LogP contribution in [0.1, 0.15) is 77.5 Å². The Kier molecular flexibility index (Phi) is 7.63. The summed E-state index contributed by atoms with van der Waals surface area (Å²) in [5.41, 5.74) is 9.47. The minimum Gasteiger partial charge on any atom is -0.384 e. The van der Waals surface area contributed by atoms with Gasteiger partial charge in [0.05, 0.1) is 29.5 Å². The zero-order valence-electron chi connectivity index (χ0n) is 20.1. The number of likely N-dealkylation sites (tertiary alicyclic amines) is 1. The first-order valence-corrected chi connectivity index (χ1v) is 11.9. The standard InChI is InChI=1S/C22H37N7O5/c1-4-14(23)20(33)28-12-13(29-16(11-25-27-29)21(2,3)34)10-15(28)19(32)26-22(17(30)18(24)31)8-6-5-7-9-22/h11,13-15,17,30,34H,4-10,12,23H2,1-3H3,(H2,24,31)(H,26,32)/t13-,14+,15-,17?/m0/s1. The average Bonchev–Trinajstić information content (AvgIpc) is 3.45. The van der Waals surface area contributed by atoms with Gasteiger partial charge in [-0.05, 0) is 33.1 Å². The summed E-state index contributed by atoms with van der Waals surface area (Å²) in [7, 11) is 0. The average molecular weight is 480 g/mol. The Morgan fingerprint density at radius 3 is 2.50 bits per heavy atom. The third-order valence-electron chi connectivity index (χ3n) is 7.08. The molecule has 0 radical (unpaired) electrons. The minimum atomic E-state index is -1.53. The van der Waals surface area contributed by atoms with Crippen molar-refractivity contribution in [3.05, 3.63) is 11.9 Å². The van der Waals surface area contributed by atoms with Crippen LogP contribution in [0.25, 0.3) is 0 Å². The van der Waals surface area contributed by atoms with Crippen molar-refractivity contribution in [3.63, 3.8) is 0 Å². The quantitative estimate of drug-likeness (QED) is 0.315. The zero-order chi connectivity index (χ0) is 25.3. The second-order valence-corrected chi connectivity index (χ2v) is 10.0. The van der Waals surface area contributed by atoms with Gasteiger partial charge >= 0.3 is 0 Å². The van der Waals surface area contributed by atoms with Crippen molar-refractivity contribution in [3.8, 4) is 0 Å². The molecule has 190 valence electrons. The molecule has 0 bridgehead atoms. The fraction of sp³-hybridized carbons (Fsp3) is 0.773. The summed E-state index contributed by atoms with van der Waals surface area (Å²) >= 11 is 0. The number of aliphatic hydroxyl groups is 2. The maximum Gasteiger partial charge on any atom is 0.248 e. The molecule has 3 amide bonds. The van der Waals surface area contributed by atoms with E-state index in [-0.39, 0.29) is 18.9 Å². The summed E-state index contributed by atoms with van der Waals surface area (Å²) in [5.74, 6) is -1.75. The molecule has 12 nitrogen and oxygen atoms in total. The molecule has 2 heterocycles. The van der Waals surface area contributed by atoms with Crippen LogP contribution in [0, 0.1) is 0 Å². The first kappa shape index (κ1) is 26.0. The molecule has 7 N–H and O–H groups in total. The van der Waals surface area contributed by atoms with Gasteiger partial charge in [-0.1, -0.05) is 31.4 Å². The highest BCUT2D eigenvalue weighted by Crippen LogP contribution is 2.34. The van der Waals surface area contributed by atoms with Gasteiger partial charge in [0.1, 0.15) is 11.6 Å². The summed E-state index contributed by atoms with van der Waals surface area (Å²) in [6.07, 6.45) is 3.74. The Morgan fingerprint density at radius 1 is 1.29 bits per heavy atom. The monoisotopic (exact) mass is 479 g/mol. The van der Waals surface area contributed by atoms with Crippen LogP contribution in [0.5, 0.6) is 0 Å². The molecule has 2 fully saturated rings. The van der Waals surface area contributed by atoms with Crippen LogP contribution in [-0.4, -0.2) is 78.1 Å². The van der Waals surface area contributed by atoms with Gasteiger partial charge in [-0.2, -0.15) is 0 Å². The number of rotatable bonds is 8. The fourth-order valence-electron chi connectivity index (χ4n) is 5.07. The smallest absolute Gasteiger partial charge is 0.248 e. The molecule has 34 heavy (non-hydrogen) atoms. The van der Waals surface area contributed by atoms with E-state index in [4.69, 9.17) is 11.5 Å². The number of hydrogen-bond acceptors (Lipinski definition) is 8. The molecule has 2 aliphatic rings. The highest BCUT2D eigenvalue weighted by molar-refractivity contribution is 5.91. The van der Waals surface area contributed by atoms with E-state index in [2.05, 4.69) is 15.6 Å². The number of carbonyl (C=O) groups excluding carboxylic acids is 3. The highest BCUT2D eigenvalue weighted by Gasteiger charge is 2.48. The van der Waals surface area contributed by atoms with E-state index in [1.54, 1.807) is 25.5 Å². The topological polar surface area (TPSA) is 190 Å². The number of carbonyl (C=O) groups is 3. The second kappa shape index (κ2) is 9.96. The summed E-state index contributed by atoms with van der Waals surface area (Å²) in [6.45, 7) is 5.16. The number of amides is 3. The number of nitrogens with two attached hydrogens (primary N) is 2. The van der Waals surface area contributed by atoms with E-state index < -0.39 is 47.2 Å². The van der Waals surface area contributed by atoms with Crippen LogP contribution in [0.4, 0.5) is 0 Å². The number of nitrogens with zero attached hydrogens (tertiary/aromatic N) is 4. The lowest BCUT2D eigenvalue weighted by Crippen LogP contribution is -2.64. The molecule has 1 aliphatic carbocycles. The van der Waals surface area contributed by atoms with Crippen molar-refractivity contribution in [2.75, 3.05) is 6.54 Å². The molecular weight excluding hydrogens is 442 g/mol. The zero-order valence-corrected chi connectivity index (χ0v) is 20.1. The van der Waals surface area contributed by atoms with E-state index in [9.17, 15) is 24.6 Å². The Bertz CT molecular complexity index is 906. The predicted molar refractivity (Wildman–Crippen MR) is 122 cm³/mol. The van der Waals surface area contributed by atoms with Crippen molar-refractivity contribution in [1.82, 2.24) is 25.2 Å². The molecule has 1 saturated carbocycles. The summed E-state index contributed by atoms with van der Waals surface area (Å²) in [4.78, 5) is 39.9. The molecule has 4 atom stereocenters. The van der Waals surface area contributed by atoms with Gasteiger partial charge in [-0.3, -0.25) is 14.4 Å². The van der Waals surface area contributed by atoms with E-state index in [0.29, 0.717) is 25.0 Å². The van der Waals surface area contributed by atoms with Gasteiger partial charge in [0.25, 0.3) is 0 Å². The third kappa shape index (κ3) is 5.08. The van der Waals surface area contributed by atoms with Crippen molar-refractivity contribution in [2.45, 2.75) is 101 Å². The lowest BCUT2D eigenvalue weighted by molar-refractivity contribution is -0.143. The lowest BCUT2D eigenvalue weighted by Gasteiger charge is -2.41. The maximum atomic E-state index is 13.6. The van der Waals surface area contributed by atoms with Gasteiger partial charge in [-0.15, -0.1) is 5.10 Å². The number of primary amides is 1. The summed E-state index contributed by atoms with van der Waals surface area (Å²) in [5, 5.41) is 32.0. The Hall–Kier alpha value is -2.57. The van der Waals surface area contributed by atoms with Crippen molar-refractivity contribution in [2.24, 2.45) is 11.5 Å². The second-order valence-electron chi connectivity index (χ2n) is 10.0. The molecule has 3 rings (SSSR count). The third-order valence-corrected chi connectivity index (χ3v) is 7.08. The summed E-state index contributed by atoms with van der Waals surface area (Å²) in [6, 6.07) is -2.10. The van der Waals surface area contributed by atoms with E-state index >= 15 is 0 Å². The van der Waals surface area contributed by atoms with Gasteiger partial charge in [0, 0.05) is 13.0 Å². The SMILES string of the molecule is CC[C@@H](N)C(=O)N1C[C@@H](n2nncc2C(C)(C)O)C[C@H]1C(=O)NC1(C(O)C(N)=O)CCCCC1. The highest BCUT2D eigenvalue weighted by atomic mass is 16.3. The van der Waals surface area contributed by atoms with Crippen molar-refractivity contribution in [1.29, 1.82) is 0 Å². The molecular formula is C22H37N7O5. The maximum absolute atomic E-state index is 13.6. The Labute approximate surface area is 199 Å². The summed E-state index contributed by atoms with van der Waals surface area (Å²) < 4.78 is 1.54. The molecule has 1 aromatic rings. The number of hydrogen-bond donors (Lipinski definition) is 5. The van der Waals surface area contributed by atoms with E-state index in [1.165, 1.54) is 11.1 Å². The van der Waals surface area contributed by atoms with Crippen LogP contribution in [0.15, 0.2) is 6.20 Å². The van der Waals surface area contributed by atoms with E-state index in [1.807, 2.05) is 0 Å². The number of aromatic nitrogens is 3. The van der Waals surface area contributed by atoms with Crippen LogP contribution in [-0.2, 0) is 20.0 Å². The van der Waals surface area contributed by atoms with Crippen LogP contribution in [0.3, 0.4) is 0 Å².